The number of ether oxygens (including phenoxy) is 2. The van der Waals surface area contributed by atoms with E-state index in [-0.39, 0.29) is 28.9 Å². The van der Waals surface area contributed by atoms with Crippen LogP contribution in [0, 0.1) is 24.0 Å². The standard InChI is InChI=1S/C25H19N3O8S/c1-13-7-17(18(28(32)33)8-14(13)2)19-6-4-16(36-19)10-22-24(30)27(25(31)37-22)11-23(29)26-15-3-5-20-21(9-15)35-12-34-20/h3-10H,11-12H2,1-2H3,(H,26,29)/b22-10-. The summed E-state index contributed by atoms with van der Waals surface area (Å²) in [6.07, 6.45) is 1.37. The van der Waals surface area contributed by atoms with Crippen LogP contribution in [0.15, 0.2) is 51.8 Å². The number of thioether (sulfide) groups is 1. The Hall–Kier alpha value is -4.58. The van der Waals surface area contributed by atoms with E-state index in [1.54, 1.807) is 43.3 Å². The van der Waals surface area contributed by atoms with Crippen LogP contribution in [0.2, 0.25) is 0 Å². The van der Waals surface area contributed by atoms with Gasteiger partial charge in [-0.15, -0.1) is 0 Å². The van der Waals surface area contributed by atoms with Gasteiger partial charge in [-0.3, -0.25) is 29.4 Å². The lowest BCUT2D eigenvalue weighted by Crippen LogP contribution is -2.36. The predicted octanol–water partition coefficient (Wildman–Crippen LogP) is 4.88. The summed E-state index contributed by atoms with van der Waals surface area (Å²) in [6.45, 7) is 3.24. The number of imide groups is 1. The van der Waals surface area contributed by atoms with Crippen molar-refractivity contribution in [3.05, 3.63) is 74.4 Å². The number of hydrogen-bond donors (Lipinski definition) is 1. The number of hydrogen-bond acceptors (Lipinski definition) is 9. The normalized spacial score (nSPS) is 15.5. The Morgan fingerprint density at radius 1 is 1.11 bits per heavy atom. The Morgan fingerprint density at radius 3 is 2.65 bits per heavy atom. The number of nitro benzene ring substituents is 1. The molecule has 5 rings (SSSR count). The molecule has 2 aliphatic heterocycles. The van der Waals surface area contributed by atoms with Crippen molar-refractivity contribution in [1.82, 2.24) is 4.90 Å². The van der Waals surface area contributed by atoms with Crippen molar-refractivity contribution in [2.45, 2.75) is 13.8 Å². The highest BCUT2D eigenvalue weighted by Crippen LogP contribution is 2.37. The van der Waals surface area contributed by atoms with Gasteiger partial charge in [-0.25, -0.2) is 0 Å². The van der Waals surface area contributed by atoms with Crippen LogP contribution in [0.25, 0.3) is 17.4 Å². The van der Waals surface area contributed by atoms with E-state index in [4.69, 9.17) is 13.9 Å². The maximum absolute atomic E-state index is 12.8. The monoisotopic (exact) mass is 521 g/mol. The second kappa shape index (κ2) is 9.47. The lowest BCUT2D eigenvalue weighted by atomic mass is 10.0. The fraction of sp³-hybridized carbons (Fsp3) is 0.160. The number of benzene rings is 2. The van der Waals surface area contributed by atoms with Gasteiger partial charge in [-0.1, -0.05) is 0 Å². The van der Waals surface area contributed by atoms with Gasteiger partial charge in [0.05, 0.1) is 15.4 Å². The first-order chi connectivity index (χ1) is 17.7. The quantitative estimate of drug-likeness (QED) is 0.273. The van der Waals surface area contributed by atoms with Crippen LogP contribution in [0.3, 0.4) is 0 Å². The van der Waals surface area contributed by atoms with Crippen LogP contribution in [-0.2, 0) is 9.59 Å². The SMILES string of the molecule is Cc1cc(-c2ccc(/C=C3\SC(=O)N(CC(=O)Nc4ccc5c(c4)OCO5)C3=O)o2)c([N+](=O)[O-])cc1C. The van der Waals surface area contributed by atoms with Crippen molar-refractivity contribution >= 4 is 46.3 Å². The summed E-state index contributed by atoms with van der Waals surface area (Å²) in [6, 6.07) is 11.1. The van der Waals surface area contributed by atoms with Gasteiger partial charge in [0.2, 0.25) is 12.7 Å². The van der Waals surface area contributed by atoms with Crippen molar-refractivity contribution in [2.24, 2.45) is 0 Å². The molecule has 0 aliphatic carbocycles. The number of amides is 3. The van der Waals surface area contributed by atoms with E-state index in [2.05, 4.69) is 5.32 Å². The Labute approximate surface area is 214 Å². The van der Waals surface area contributed by atoms with Crippen molar-refractivity contribution in [2.75, 3.05) is 18.7 Å². The molecule has 0 spiro atoms. The molecular formula is C25H19N3O8S. The van der Waals surface area contributed by atoms with Gasteiger partial charge < -0.3 is 19.2 Å². The zero-order valence-corrected chi connectivity index (χ0v) is 20.4. The molecule has 0 radical (unpaired) electrons. The highest BCUT2D eigenvalue weighted by atomic mass is 32.2. The third kappa shape index (κ3) is 4.78. The van der Waals surface area contributed by atoms with E-state index in [1.165, 1.54) is 12.1 Å². The van der Waals surface area contributed by atoms with Crippen LogP contribution in [0.4, 0.5) is 16.2 Å². The number of carbonyl (C=O) groups is 3. The summed E-state index contributed by atoms with van der Waals surface area (Å²) < 4.78 is 16.3. The topological polar surface area (TPSA) is 141 Å². The molecule has 37 heavy (non-hydrogen) atoms. The molecule has 0 unspecified atom stereocenters. The van der Waals surface area contributed by atoms with Crippen LogP contribution >= 0.6 is 11.8 Å². The van der Waals surface area contributed by atoms with E-state index >= 15 is 0 Å². The number of rotatable bonds is 6. The van der Waals surface area contributed by atoms with Gasteiger partial charge in [0.25, 0.3) is 16.8 Å². The number of nitro groups is 1. The van der Waals surface area contributed by atoms with Crippen LogP contribution < -0.4 is 14.8 Å². The smallest absolute Gasteiger partial charge is 0.294 e. The highest BCUT2D eigenvalue weighted by molar-refractivity contribution is 8.18. The molecule has 0 atom stereocenters. The molecule has 1 N–H and O–H groups in total. The molecule has 188 valence electrons. The maximum Gasteiger partial charge on any atom is 0.294 e. The van der Waals surface area contributed by atoms with Crippen molar-refractivity contribution < 1.29 is 33.2 Å². The van der Waals surface area contributed by atoms with Gasteiger partial charge in [-0.2, -0.15) is 0 Å². The summed E-state index contributed by atoms with van der Waals surface area (Å²) in [5.74, 6) is 0.315. The maximum atomic E-state index is 12.8. The molecule has 3 amide bonds. The fourth-order valence-electron chi connectivity index (χ4n) is 3.81. The Bertz CT molecular complexity index is 1510. The van der Waals surface area contributed by atoms with Gasteiger partial charge in [-0.05, 0) is 67.1 Å². The summed E-state index contributed by atoms with van der Waals surface area (Å²) in [5.41, 5.74) is 2.27. The second-order valence-electron chi connectivity index (χ2n) is 8.30. The Kier molecular flexibility index (Phi) is 6.17. The summed E-state index contributed by atoms with van der Waals surface area (Å²) in [4.78, 5) is 49.7. The summed E-state index contributed by atoms with van der Waals surface area (Å²) >= 11 is 0.673. The average molecular weight is 522 g/mol. The number of carbonyl (C=O) groups excluding carboxylic acids is 3. The minimum absolute atomic E-state index is 0.0661. The third-order valence-electron chi connectivity index (χ3n) is 5.81. The molecule has 0 bridgehead atoms. The third-order valence-corrected chi connectivity index (χ3v) is 6.71. The molecular weight excluding hydrogens is 502 g/mol. The molecule has 1 fully saturated rings. The number of furan rings is 1. The number of nitrogens with one attached hydrogen (secondary N) is 1. The van der Waals surface area contributed by atoms with Crippen LogP contribution in [0.5, 0.6) is 11.5 Å². The van der Waals surface area contributed by atoms with Crippen molar-refractivity contribution in [3.8, 4) is 22.8 Å². The lowest BCUT2D eigenvalue weighted by Gasteiger charge is -2.12. The molecule has 11 nitrogen and oxygen atoms in total. The van der Waals surface area contributed by atoms with Gasteiger partial charge >= 0.3 is 0 Å². The van der Waals surface area contributed by atoms with Crippen LogP contribution in [-0.4, -0.2) is 40.2 Å². The lowest BCUT2D eigenvalue weighted by molar-refractivity contribution is -0.384. The van der Waals surface area contributed by atoms with E-state index in [0.717, 1.165) is 16.0 Å². The molecule has 3 aromatic rings. The number of nitrogens with zero attached hydrogens (tertiary/aromatic N) is 2. The van der Waals surface area contributed by atoms with Crippen molar-refractivity contribution in [1.29, 1.82) is 0 Å². The molecule has 3 heterocycles. The van der Waals surface area contributed by atoms with E-state index < -0.39 is 28.5 Å². The largest absolute Gasteiger partial charge is 0.456 e. The summed E-state index contributed by atoms with van der Waals surface area (Å²) in [5, 5.41) is 13.6. The average Bonchev–Trinajstić information content (AvgIpc) is 3.57. The Morgan fingerprint density at radius 2 is 1.86 bits per heavy atom. The number of fused-ring (bicyclic) bond motifs is 1. The van der Waals surface area contributed by atoms with Crippen molar-refractivity contribution in [3.63, 3.8) is 0 Å². The second-order valence-corrected chi connectivity index (χ2v) is 9.29. The fourth-order valence-corrected chi connectivity index (χ4v) is 4.63. The first-order valence-corrected chi connectivity index (χ1v) is 11.8. The minimum atomic E-state index is -0.647. The minimum Gasteiger partial charge on any atom is -0.456 e. The Balaban J connectivity index is 1.30. The van der Waals surface area contributed by atoms with Gasteiger partial charge in [0.1, 0.15) is 18.1 Å². The molecule has 0 saturated carbocycles. The number of aryl methyl sites for hydroxylation is 2. The van der Waals surface area contributed by atoms with E-state index in [0.29, 0.717) is 34.5 Å². The van der Waals surface area contributed by atoms with E-state index in [1.807, 2.05) is 6.92 Å². The summed E-state index contributed by atoms with van der Waals surface area (Å²) in [7, 11) is 0. The first kappa shape index (κ1) is 24.1. The molecule has 12 heteroatoms. The zero-order valence-electron chi connectivity index (χ0n) is 19.6. The molecule has 1 aromatic heterocycles. The zero-order chi connectivity index (χ0) is 26.3. The molecule has 2 aliphatic rings. The van der Waals surface area contributed by atoms with Gasteiger partial charge in [0.15, 0.2) is 11.5 Å². The predicted molar refractivity (Wildman–Crippen MR) is 134 cm³/mol. The highest BCUT2D eigenvalue weighted by Gasteiger charge is 2.36. The first-order valence-electron chi connectivity index (χ1n) is 11.0. The molecule has 1 saturated heterocycles. The number of anilines is 1. The van der Waals surface area contributed by atoms with Crippen LogP contribution in [0.1, 0.15) is 16.9 Å². The molecule has 2 aromatic carbocycles. The van der Waals surface area contributed by atoms with E-state index in [9.17, 15) is 24.5 Å². The van der Waals surface area contributed by atoms with Gasteiger partial charge in [0, 0.05) is 23.9 Å².